The van der Waals surface area contributed by atoms with Gasteiger partial charge in [0.15, 0.2) is 0 Å². The molecule has 0 radical (unpaired) electrons. The third-order valence-electron chi connectivity index (χ3n) is 5.45. The number of morpholine rings is 1. The maximum atomic E-state index is 12.4. The van der Waals surface area contributed by atoms with Gasteiger partial charge in [0.05, 0.1) is 18.9 Å². The highest BCUT2D eigenvalue weighted by Gasteiger charge is 2.16. The molecule has 0 bridgehead atoms. The van der Waals surface area contributed by atoms with Crippen LogP contribution in [0.1, 0.15) is 42.1 Å². The molecular weight excluding hydrogens is 400 g/mol. The number of quaternary nitrogens is 1. The number of hydrogen-bond acceptors (Lipinski definition) is 3. The van der Waals surface area contributed by atoms with E-state index in [1.807, 2.05) is 17.7 Å². The molecule has 162 valence electrons. The van der Waals surface area contributed by atoms with Crippen LogP contribution >= 0.6 is 11.6 Å². The summed E-state index contributed by atoms with van der Waals surface area (Å²) in [6.45, 7) is 9.98. The Balaban J connectivity index is 1.58. The van der Waals surface area contributed by atoms with Crippen molar-refractivity contribution in [1.82, 2.24) is 15.1 Å². The van der Waals surface area contributed by atoms with E-state index >= 15 is 0 Å². The number of carbonyl (C=O) groups excluding carboxylic acids is 1. The number of aryl methyl sites for hydroxylation is 2. The van der Waals surface area contributed by atoms with Gasteiger partial charge >= 0.3 is 0 Å². The Bertz CT molecular complexity index is 872. The highest BCUT2D eigenvalue weighted by molar-refractivity contribution is 6.31. The van der Waals surface area contributed by atoms with Gasteiger partial charge in [-0.1, -0.05) is 49.2 Å². The van der Waals surface area contributed by atoms with Gasteiger partial charge in [-0.25, -0.2) is 0 Å². The summed E-state index contributed by atoms with van der Waals surface area (Å²) in [5, 5.41) is 8.06. The van der Waals surface area contributed by atoms with Crippen LogP contribution in [0.4, 0.5) is 0 Å². The summed E-state index contributed by atoms with van der Waals surface area (Å²) in [6, 6.07) is 8.30. The fourth-order valence-electron chi connectivity index (χ4n) is 3.62. The van der Waals surface area contributed by atoms with Gasteiger partial charge in [-0.05, 0) is 25.0 Å². The van der Waals surface area contributed by atoms with Crippen LogP contribution in [0.5, 0.6) is 0 Å². The smallest absolute Gasteiger partial charge is 0.244 e. The van der Waals surface area contributed by atoms with Crippen LogP contribution in [0.3, 0.4) is 0 Å². The molecule has 30 heavy (non-hydrogen) atoms. The van der Waals surface area contributed by atoms with Crippen LogP contribution in [-0.4, -0.2) is 42.0 Å². The molecule has 0 aliphatic carbocycles. The number of benzene rings is 1. The Morgan fingerprint density at radius 1 is 1.30 bits per heavy atom. The lowest BCUT2D eigenvalue weighted by Gasteiger charge is -2.24. The standard InChI is InChI=1S/C23H31ClN4O2/c1-3-4-11-28-23(24)21(18(2)26-28)9-10-22(29)25-16-19-7-5-6-8-20(19)17-27-12-14-30-15-13-27/h5-10H,3-4,11-17H2,1-2H3,(H,25,29)/p+1/b10-9+. The third kappa shape index (κ3) is 6.17. The molecule has 1 aliphatic rings. The van der Waals surface area contributed by atoms with Crippen molar-refractivity contribution in [3.63, 3.8) is 0 Å². The van der Waals surface area contributed by atoms with E-state index in [2.05, 4.69) is 35.5 Å². The van der Waals surface area contributed by atoms with Crippen molar-refractivity contribution in [2.24, 2.45) is 0 Å². The van der Waals surface area contributed by atoms with Crippen LogP contribution < -0.4 is 10.2 Å². The molecule has 1 aliphatic heterocycles. The van der Waals surface area contributed by atoms with Crippen LogP contribution in [0.2, 0.25) is 5.15 Å². The number of nitrogens with one attached hydrogen (secondary N) is 2. The second-order valence-corrected chi connectivity index (χ2v) is 8.08. The molecule has 0 saturated carbocycles. The summed E-state index contributed by atoms with van der Waals surface area (Å²) >= 11 is 6.44. The summed E-state index contributed by atoms with van der Waals surface area (Å²) in [4.78, 5) is 13.9. The first-order valence-electron chi connectivity index (χ1n) is 10.8. The quantitative estimate of drug-likeness (QED) is 0.599. The number of halogens is 1. The molecule has 1 amide bonds. The second-order valence-electron chi connectivity index (χ2n) is 7.73. The lowest BCUT2D eigenvalue weighted by Crippen LogP contribution is -3.12. The summed E-state index contributed by atoms with van der Waals surface area (Å²) in [5.74, 6) is -0.139. The Labute approximate surface area is 183 Å². The number of ether oxygens (including phenoxy) is 1. The van der Waals surface area contributed by atoms with Gasteiger partial charge in [0.25, 0.3) is 0 Å². The van der Waals surface area contributed by atoms with E-state index in [0.29, 0.717) is 11.7 Å². The molecule has 1 fully saturated rings. The number of carbonyl (C=O) groups is 1. The van der Waals surface area contributed by atoms with Crippen molar-refractivity contribution < 1.29 is 14.4 Å². The Kier molecular flexibility index (Phi) is 8.49. The summed E-state index contributed by atoms with van der Waals surface area (Å²) < 4.78 is 7.25. The molecule has 7 heteroatoms. The third-order valence-corrected chi connectivity index (χ3v) is 5.84. The maximum Gasteiger partial charge on any atom is 0.244 e. The van der Waals surface area contributed by atoms with Gasteiger partial charge < -0.3 is 15.0 Å². The predicted octanol–water partition coefficient (Wildman–Crippen LogP) is 2.39. The average molecular weight is 432 g/mol. The topological polar surface area (TPSA) is 60.6 Å². The van der Waals surface area contributed by atoms with E-state index in [-0.39, 0.29) is 5.91 Å². The number of hydrogen-bond donors (Lipinski definition) is 2. The molecule has 6 nitrogen and oxygen atoms in total. The molecule has 0 atom stereocenters. The van der Waals surface area contributed by atoms with E-state index in [1.54, 1.807) is 6.08 Å². The normalized spacial score (nSPS) is 15.0. The Morgan fingerprint density at radius 3 is 2.77 bits per heavy atom. The molecule has 2 heterocycles. The van der Waals surface area contributed by atoms with Crippen LogP contribution in [0.15, 0.2) is 30.3 Å². The molecule has 2 N–H and O–H groups in total. The second kappa shape index (κ2) is 11.3. The van der Waals surface area contributed by atoms with Gasteiger partial charge in [-0.2, -0.15) is 5.10 Å². The number of nitrogens with zero attached hydrogens (tertiary/aromatic N) is 2. The van der Waals surface area contributed by atoms with Gasteiger partial charge in [0, 0.05) is 30.3 Å². The summed E-state index contributed by atoms with van der Waals surface area (Å²) in [7, 11) is 0. The number of aromatic nitrogens is 2. The highest BCUT2D eigenvalue weighted by atomic mass is 35.5. The van der Waals surface area contributed by atoms with Crippen molar-refractivity contribution in [3.05, 3.63) is 57.9 Å². The van der Waals surface area contributed by atoms with E-state index in [4.69, 9.17) is 16.3 Å². The number of rotatable bonds is 9. The first-order valence-corrected chi connectivity index (χ1v) is 11.1. The minimum Gasteiger partial charge on any atom is -0.370 e. The molecule has 0 unspecified atom stereocenters. The van der Waals surface area contributed by atoms with Gasteiger partial charge in [-0.15, -0.1) is 0 Å². The minimum atomic E-state index is -0.139. The van der Waals surface area contributed by atoms with Crippen LogP contribution in [0.25, 0.3) is 6.08 Å². The first-order chi connectivity index (χ1) is 14.6. The van der Waals surface area contributed by atoms with Crippen molar-refractivity contribution in [1.29, 1.82) is 0 Å². The maximum absolute atomic E-state index is 12.4. The fourth-order valence-corrected chi connectivity index (χ4v) is 3.94. The zero-order valence-corrected chi connectivity index (χ0v) is 18.7. The zero-order chi connectivity index (χ0) is 21.3. The van der Waals surface area contributed by atoms with Gasteiger partial charge in [-0.3, -0.25) is 9.48 Å². The SMILES string of the molecule is CCCCn1nc(C)c(/C=C/C(=O)NCc2ccccc2C[NH+]2CCOCC2)c1Cl. The van der Waals surface area contributed by atoms with Gasteiger partial charge in [0.2, 0.25) is 5.91 Å². The minimum absolute atomic E-state index is 0.139. The van der Waals surface area contributed by atoms with E-state index in [9.17, 15) is 4.79 Å². The van der Waals surface area contributed by atoms with Crippen LogP contribution in [-0.2, 0) is 29.2 Å². The van der Waals surface area contributed by atoms with E-state index in [0.717, 1.165) is 69.1 Å². The van der Waals surface area contributed by atoms with Crippen molar-refractivity contribution in [2.75, 3.05) is 26.3 Å². The first kappa shape index (κ1) is 22.5. The fraction of sp³-hybridized carbons (Fsp3) is 0.478. The van der Waals surface area contributed by atoms with Crippen molar-refractivity contribution >= 4 is 23.6 Å². The Morgan fingerprint density at radius 2 is 2.03 bits per heavy atom. The largest absolute Gasteiger partial charge is 0.370 e. The molecule has 1 aromatic heterocycles. The Hall–Kier alpha value is -2.15. The molecule has 1 saturated heterocycles. The molecule has 3 rings (SSSR count). The lowest BCUT2D eigenvalue weighted by atomic mass is 10.1. The molecule has 2 aromatic rings. The number of unbranched alkanes of at least 4 members (excludes halogenated alkanes) is 1. The summed E-state index contributed by atoms with van der Waals surface area (Å²) in [5.41, 5.74) is 4.06. The predicted molar refractivity (Wildman–Crippen MR) is 119 cm³/mol. The van der Waals surface area contributed by atoms with Crippen molar-refractivity contribution in [2.45, 2.75) is 46.3 Å². The monoisotopic (exact) mass is 431 g/mol. The summed E-state index contributed by atoms with van der Waals surface area (Å²) in [6.07, 6.45) is 5.40. The molecule has 1 aromatic carbocycles. The molecular formula is C23H32ClN4O2+. The van der Waals surface area contributed by atoms with Crippen LogP contribution in [0, 0.1) is 6.92 Å². The van der Waals surface area contributed by atoms with Gasteiger partial charge in [0.1, 0.15) is 24.8 Å². The zero-order valence-electron chi connectivity index (χ0n) is 17.9. The van der Waals surface area contributed by atoms with E-state index < -0.39 is 0 Å². The highest BCUT2D eigenvalue weighted by Crippen LogP contribution is 2.21. The molecule has 0 spiro atoms. The van der Waals surface area contributed by atoms with E-state index in [1.165, 1.54) is 16.5 Å². The lowest BCUT2D eigenvalue weighted by molar-refractivity contribution is -0.921. The number of amides is 1. The van der Waals surface area contributed by atoms with Crippen molar-refractivity contribution in [3.8, 4) is 0 Å². The average Bonchev–Trinajstić information content (AvgIpc) is 3.03.